The number of rotatable bonds is 9. The van der Waals surface area contributed by atoms with E-state index < -0.39 is 6.04 Å². The quantitative estimate of drug-likeness (QED) is 0.428. The van der Waals surface area contributed by atoms with E-state index in [2.05, 4.69) is 19.3 Å². The molecule has 0 saturated carbocycles. The van der Waals surface area contributed by atoms with Crippen molar-refractivity contribution in [2.75, 3.05) is 6.61 Å². The average Bonchev–Trinajstić information content (AvgIpc) is 2.49. The van der Waals surface area contributed by atoms with E-state index in [0.29, 0.717) is 18.3 Å². The van der Waals surface area contributed by atoms with Crippen LogP contribution in [0.15, 0.2) is 30.3 Å². The molecule has 0 heterocycles. The second-order valence-corrected chi connectivity index (χ2v) is 4.63. The van der Waals surface area contributed by atoms with Crippen molar-refractivity contribution in [3.63, 3.8) is 0 Å². The topological polar surface area (TPSA) is 56.8 Å². The molecule has 0 amide bonds. The zero-order valence-corrected chi connectivity index (χ0v) is 12.3. The summed E-state index contributed by atoms with van der Waals surface area (Å²) in [6, 6.07) is 8.43. The molecular weight excluding hydrogens is 258 g/mol. The van der Waals surface area contributed by atoms with Crippen molar-refractivity contribution < 1.29 is 19.4 Å². The van der Waals surface area contributed by atoms with Crippen LogP contribution in [0.3, 0.4) is 0 Å². The van der Waals surface area contributed by atoms with Crippen LogP contribution in [0.25, 0.3) is 0 Å². The van der Waals surface area contributed by atoms with Crippen LogP contribution in [-0.2, 0) is 14.5 Å². The van der Waals surface area contributed by atoms with Crippen LogP contribution >= 0.6 is 0 Å². The lowest BCUT2D eigenvalue weighted by atomic mass is 10.1. The molecule has 0 aromatic heterocycles. The molecule has 1 aromatic carbocycles. The van der Waals surface area contributed by atoms with Gasteiger partial charge < -0.3 is 9.62 Å². The normalized spacial score (nSPS) is 12.2. The highest BCUT2D eigenvalue weighted by Gasteiger charge is 2.16. The highest BCUT2D eigenvalue weighted by atomic mass is 17.3. The Morgan fingerprint density at radius 2 is 1.85 bits per heavy atom. The third kappa shape index (κ3) is 6.04. The summed E-state index contributed by atoms with van der Waals surface area (Å²) >= 11 is 0. The molecule has 0 aliphatic heterocycles. The molecule has 0 fully saturated rings. The third-order valence-corrected chi connectivity index (χ3v) is 3.08. The van der Waals surface area contributed by atoms with Crippen molar-refractivity contribution >= 4 is 5.97 Å². The average molecular weight is 281 g/mol. The Kier molecular flexibility index (Phi) is 7.69. The number of hydrogen-bond donors (Lipinski definition) is 1. The fraction of sp³-hybridized carbons (Fsp3) is 0.533. The van der Waals surface area contributed by atoms with Gasteiger partial charge in [0.15, 0.2) is 5.75 Å². The summed E-state index contributed by atoms with van der Waals surface area (Å²) in [7, 11) is 0. The van der Waals surface area contributed by atoms with Gasteiger partial charge in [-0.2, -0.15) is 0 Å². The highest BCUT2D eigenvalue weighted by Crippen LogP contribution is 2.09. The molecule has 0 aliphatic carbocycles. The van der Waals surface area contributed by atoms with Crippen LogP contribution in [0, 0.1) is 5.92 Å². The van der Waals surface area contributed by atoms with E-state index in [1.165, 1.54) is 0 Å². The number of carbonyl (C=O) groups excluding carboxylic acids is 1. The van der Waals surface area contributed by atoms with Gasteiger partial charge in [-0.3, -0.25) is 4.79 Å². The first kappa shape index (κ1) is 16.5. The smallest absolute Gasteiger partial charge is 0.325 e. The van der Waals surface area contributed by atoms with Crippen LogP contribution in [0.2, 0.25) is 0 Å². The predicted molar refractivity (Wildman–Crippen MR) is 75.8 cm³/mol. The monoisotopic (exact) mass is 281 g/mol. The maximum atomic E-state index is 11.7. The molecule has 0 spiro atoms. The van der Waals surface area contributed by atoms with Gasteiger partial charge in [0, 0.05) is 0 Å². The van der Waals surface area contributed by atoms with Crippen molar-refractivity contribution in [2.45, 2.75) is 39.7 Å². The molecule has 20 heavy (non-hydrogen) atoms. The molecule has 0 bridgehead atoms. The minimum atomic E-state index is -0.590. The van der Waals surface area contributed by atoms with Crippen molar-refractivity contribution in [3.05, 3.63) is 30.3 Å². The fourth-order valence-electron chi connectivity index (χ4n) is 1.52. The van der Waals surface area contributed by atoms with E-state index in [1.807, 2.05) is 18.2 Å². The lowest BCUT2D eigenvalue weighted by Crippen LogP contribution is -2.36. The zero-order valence-electron chi connectivity index (χ0n) is 12.3. The summed E-state index contributed by atoms with van der Waals surface area (Å²) in [5, 5.41) is 0. The summed E-state index contributed by atoms with van der Waals surface area (Å²) in [6.07, 6.45) is 2.00. The zero-order chi connectivity index (χ0) is 14.8. The van der Waals surface area contributed by atoms with Gasteiger partial charge in [0.05, 0.1) is 6.61 Å². The fourth-order valence-corrected chi connectivity index (χ4v) is 1.52. The van der Waals surface area contributed by atoms with Gasteiger partial charge in [0.2, 0.25) is 0 Å². The van der Waals surface area contributed by atoms with Gasteiger partial charge in [-0.05, 0) is 25.0 Å². The number of ether oxygens (including phenoxy) is 1. The van der Waals surface area contributed by atoms with E-state index in [0.717, 1.165) is 12.8 Å². The maximum absolute atomic E-state index is 11.7. The van der Waals surface area contributed by atoms with Gasteiger partial charge in [0.25, 0.3) is 0 Å². The lowest BCUT2D eigenvalue weighted by Gasteiger charge is -2.16. The standard InChI is InChI=1S/C15H23NO4/c1-4-13(5-2)11-18-15(17)12(3)16-20-19-14-9-7-6-8-10-14/h6-10,12-13,16H,4-5,11H2,1-3H3/t12-/m0/s1. The molecule has 1 rings (SSSR count). The first-order valence-electron chi connectivity index (χ1n) is 6.98. The number of carbonyl (C=O) groups is 1. The molecule has 5 heteroatoms. The summed E-state index contributed by atoms with van der Waals surface area (Å²) in [6.45, 7) is 6.27. The number of esters is 1. The van der Waals surface area contributed by atoms with Gasteiger partial charge in [-0.1, -0.05) is 49.9 Å². The number of hydrogen-bond acceptors (Lipinski definition) is 5. The molecule has 1 atom stereocenters. The van der Waals surface area contributed by atoms with Crippen molar-refractivity contribution in [2.24, 2.45) is 5.92 Å². The Hall–Kier alpha value is -1.59. The molecule has 0 saturated heterocycles. The largest absolute Gasteiger partial charge is 0.464 e. The Labute approximate surface area is 120 Å². The van der Waals surface area contributed by atoms with Gasteiger partial charge >= 0.3 is 5.97 Å². The molecule has 1 N–H and O–H groups in total. The number of benzene rings is 1. The summed E-state index contributed by atoms with van der Waals surface area (Å²) in [5.41, 5.74) is 2.49. The van der Waals surface area contributed by atoms with E-state index in [1.54, 1.807) is 19.1 Å². The van der Waals surface area contributed by atoms with Crippen LogP contribution in [0.4, 0.5) is 0 Å². The van der Waals surface area contributed by atoms with Crippen LogP contribution < -0.4 is 10.4 Å². The second kappa shape index (κ2) is 9.34. The van der Waals surface area contributed by atoms with Crippen molar-refractivity contribution in [1.82, 2.24) is 5.48 Å². The van der Waals surface area contributed by atoms with Gasteiger partial charge in [-0.25, -0.2) is 0 Å². The summed E-state index contributed by atoms with van der Waals surface area (Å²) in [4.78, 5) is 21.5. The predicted octanol–water partition coefficient (Wildman–Crippen LogP) is 2.87. The van der Waals surface area contributed by atoms with E-state index in [9.17, 15) is 4.79 Å². The molecule has 1 aromatic rings. The molecule has 0 aliphatic rings. The van der Waals surface area contributed by atoms with Crippen LogP contribution in [0.5, 0.6) is 5.75 Å². The van der Waals surface area contributed by atoms with Gasteiger partial charge in [0.1, 0.15) is 6.04 Å². The molecular formula is C15H23NO4. The van der Waals surface area contributed by atoms with Crippen LogP contribution in [0.1, 0.15) is 33.6 Å². The first-order valence-corrected chi connectivity index (χ1v) is 6.98. The lowest BCUT2D eigenvalue weighted by molar-refractivity contribution is -0.265. The first-order chi connectivity index (χ1) is 9.67. The Morgan fingerprint density at radius 1 is 1.20 bits per heavy atom. The molecule has 112 valence electrons. The van der Waals surface area contributed by atoms with E-state index in [-0.39, 0.29) is 5.97 Å². The van der Waals surface area contributed by atoms with Crippen LogP contribution in [-0.4, -0.2) is 18.6 Å². The summed E-state index contributed by atoms with van der Waals surface area (Å²) in [5.74, 6) is 0.610. The Bertz CT molecular complexity index is 379. The number of nitrogens with one attached hydrogen (secondary N) is 1. The molecule has 0 unspecified atom stereocenters. The number of para-hydroxylation sites is 1. The van der Waals surface area contributed by atoms with Gasteiger partial charge in [-0.15, -0.1) is 5.48 Å². The van der Waals surface area contributed by atoms with E-state index in [4.69, 9.17) is 14.6 Å². The van der Waals surface area contributed by atoms with Crippen molar-refractivity contribution in [3.8, 4) is 5.75 Å². The van der Waals surface area contributed by atoms with Crippen molar-refractivity contribution in [1.29, 1.82) is 0 Å². The number of hydroxylamine groups is 1. The molecule has 0 radical (unpaired) electrons. The highest BCUT2D eigenvalue weighted by molar-refractivity contribution is 5.75. The Morgan fingerprint density at radius 3 is 2.45 bits per heavy atom. The maximum Gasteiger partial charge on any atom is 0.325 e. The second-order valence-electron chi connectivity index (χ2n) is 4.63. The minimum Gasteiger partial charge on any atom is -0.464 e. The third-order valence-electron chi connectivity index (χ3n) is 3.08. The Balaban J connectivity index is 2.21. The van der Waals surface area contributed by atoms with E-state index >= 15 is 0 Å². The summed E-state index contributed by atoms with van der Waals surface area (Å²) < 4.78 is 5.21. The molecule has 5 nitrogen and oxygen atoms in total. The minimum absolute atomic E-state index is 0.353. The SMILES string of the molecule is CCC(CC)COC(=O)[C@H](C)NOOc1ccccc1.